The van der Waals surface area contributed by atoms with Crippen LogP contribution in [0.1, 0.15) is 24.4 Å². The molecule has 16 heavy (non-hydrogen) atoms. The number of pyridine rings is 1. The van der Waals surface area contributed by atoms with Crippen LogP contribution in [0.2, 0.25) is 0 Å². The van der Waals surface area contributed by atoms with E-state index in [1.54, 1.807) is 0 Å². The van der Waals surface area contributed by atoms with Crippen LogP contribution >= 0.6 is 0 Å². The lowest BCUT2D eigenvalue weighted by molar-refractivity contribution is 0.186. The molecule has 2 heterocycles. The predicted molar refractivity (Wildman–Crippen MR) is 63.0 cm³/mol. The molecule has 1 aliphatic rings. The summed E-state index contributed by atoms with van der Waals surface area (Å²) in [5.74, 6) is 0. The molecule has 0 aliphatic carbocycles. The normalized spacial score (nSPS) is 20.3. The molecule has 1 fully saturated rings. The van der Waals surface area contributed by atoms with E-state index in [1.807, 2.05) is 18.5 Å². The molecule has 1 aliphatic heterocycles. The summed E-state index contributed by atoms with van der Waals surface area (Å²) in [6.07, 6.45) is 6.41. The maximum Gasteiger partial charge on any atom is 0.0662 e. The Labute approximate surface area is 96.6 Å². The number of aliphatic hydroxyl groups excluding tert-OH is 2. The van der Waals surface area contributed by atoms with Crippen LogP contribution in [0.25, 0.3) is 0 Å². The third-order valence-corrected chi connectivity index (χ3v) is 2.69. The van der Waals surface area contributed by atoms with Crippen LogP contribution in [-0.4, -0.2) is 46.9 Å². The fourth-order valence-electron chi connectivity index (χ4n) is 1.90. The molecule has 0 bridgehead atoms. The molecule has 0 spiro atoms. The Bertz CT molecular complexity index is 278. The van der Waals surface area contributed by atoms with Gasteiger partial charge in [0.15, 0.2) is 0 Å². The molecule has 1 aromatic heterocycles. The third kappa shape index (κ3) is 3.89. The highest BCUT2D eigenvalue weighted by molar-refractivity contribution is 5.14. The second kappa shape index (κ2) is 7.33. The SMILES string of the molecule is CN1CCCC1c1cccnc1.OCCO. The first kappa shape index (κ1) is 13.1. The fraction of sp³-hybridized carbons (Fsp3) is 0.583. The zero-order chi connectivity index (χ0) is 11.8. The van der Waals surface area contributed by atoms with Crippen LogP contribution in [0.15, 0.2) is 24.5 Å². The van der Waals surface area contributed by atoms with Gasteiger partial charge < -0.3 is 10.2 Å². The standard InChI is InChI=1S/C10H14N2.C2H6O2/c1-12-7-3-5-10(12)9-4-2-6-11-8-9;3-1-2-4/h2,4,6,8,10H,3,5,7H2,1H3;3-4H,1-2H2. The van der Waals surface area contributed by atoms with Crippen molar-refractivity contribution in [2.24, 2.45) is 0 Å². The molecule has 2 rings (SSSR count). The molecule has 1 saturated heterocycles. The second-order valence-electron chi connectivity index (χ2n) is 3.87. The van der Waals surface area contributed by atoms with Crippen molar-refractivity contribution < 1.29 is 10.2 Å². The Hall–Kier alpha value is -0.970. The van der Waals surface area contributed by atoms with Crippen LogP contribution < -0.4 is 0 Å². The maximum atomic E-state index is 7.62. The number of aliphatic hydroxyl groups is 2. The number of likely N-dealkylation sites (tertiary alicyclic amines) is 1. The summed E-state index contributed by atoms with van der Waals surface area (Å²) in [6, 6.07) is 4.79. The summed E-state index contributed by atoms with van der Waals surface area (Å²) in [4.78, 5) is 6.54. The van der Waals surface area contributed by atoms with E-state index in [4.69, 9.17) is 10.2 Å². The monoisotopic (exact) mass is 224 g/mol. The predicted octanol–water partition coefficient (Wildman–Crippen LogP) is 0.819. The minimum atomic E-state index is -0.125. The zero-order valence-electron chi connectivity index (χ0n) is 9.71. The Morgan fingerprint density at radius 2 is 2.19 bits per heavy atom. The quantitative estimate of drug-likeness (QED) is 0.781. The summed E-state index contributed by atoms with van der Waals surface area (Å²) >= 11 is 0. The van der Waals surface area contributed by atoms with Crippen molar-refractivity contribution in [3.8, 4) is 0 Å². The molecule has 1 atom stereocenters. The second-order valence-corrected chi connectivity index (χ2v) is 3.87. The summed E-state index contributed by atoms with van der Waals surface area (Å²) < 4.78 is 0. The van der Waals surface area contributed by atoms with Crippen molar-refractivity contribution in [2.45, 2.75) is 18.9 Å². The van der Waals surface area contributed by atoms with E-state index in [0.29, 0.717) is 6.04 Å². The lowest BCUT2D eigenvalue weighted by Crippen LogP contribution is -2.17. The molecule has 2 N–H and O–H groups in total. The molecule has 0 saturated carbocycles. The molecule has 90 valence electrons. The Morgan fingerprint density at radius 1 is 1.44 bits per heavy atom. The molecule has 0 radical (unpaired) electrons. The molecular formula is C12H20N2O2. The molecule has 1 aromatic rings. The number of rotatable bonds is 2. The molecule has 4 heteroatoms. The largest absolute Gasteiger partial charge is 0.394 e. The molecular weight excluding hydrogens is 204 g/mol. The van der Waals surface area contributed by atoms with E-state index in [1.165, 1.54) is 24.9 Å². The first-order chi connectivity index (χ1) is 7.79. The first-order valence-electron chi connectivity index (χ1n) is 5.61. The first-order valence-corrected chi connectivity index (χ1v) is 5.61. The van der Waals surface area contributed by atoms with Gasteiger partial charge in [0.1, 0.15) is 0 Å². The van der Waals surface area contributed by atoms with Gasteiger partial charge in [-0.15, -0.1) is 0 Å². The molecule has 4 nitrogen and oxygen atoms in total. The van der Waals surface area contributed by atoms with Crippen molar-refractivity contribution >= 4 is 0 Å². The van der Waals surface area contributed by atoms with Gasteiger partial charge in [0, 0.05) is 18.4 Å². The molecule has 0 aromatic carbocycles. The average Bonchev–Trinajstić information content (AvgIpc) is 2.77. The highest BCUT2D eigenvalue weighted by Gasteiger charge is 2.21. The highest BCUT2D eigenvalue weighted by atomic mass is 16.3. The third-order valence-electron chi connectivity index (χ3n) is 2.69. The smallest absolute Gasteiger partial charge is 0.0662 e. The van der Waals surface area contributed by atoms with Crippen molar-refractivity contribution in [1.29, 1.82) is 0 Å². The van der Waals surface area contributed by atoms with Gasteiger partial charge in [0.05, 0.1) is 13.2 Å². The van der Waals surface area contributed by atoms with Gasteiger partial charge in [-0.05, 0) is 38.1 Å². The number of hydrogen-bond acceptors (Lipinski definition) is 4. The fourth-order valence-corrected chi connectivity index (χ4v) is 1.90. The van der Waals surface area contributed by atoms with E-state index < -0.39 is 0 Å². The summed E-state index contributed by atoms with van der Waals surface area (Å²) in [5.41, 5.74) is 1.36. The number of hydrogen-bond donors (Lipinski definition) is 2. The molecule has 1 unspecified atom stereocenters. The van der Waals surface area contributed by atoms with Crippen LogP contribution in [0.4, 0.5) is 0 Å². The van der Waals surface area contributed by atoms with Crippen LogP contribution in [0.5, 0.6) is 0 Å². The average molecular weight is 224 g/mol. The topological polar surface area (TPSA) is 56.6 Å². The lowest BCUT2D eigenvalue weighted by Gasteiger charge is -2.18. The Morgan fingerprint density at radius 3 is 2.62 bits per heavy atom. The number of nitrogens with zero attached hydrogens (tertiary/aromatic N) is 2. The lowest BCUT2D eigenvalue weighted by atomic mass is 10.1. The van der Waals surface area contributed by atoms with Crippen molar-refractivity contribution in [1.82, 2.24) is 9.88 Å². The van der Waals surface area contributed by atoms with Gasteiger partial charge >= 0.3 is 0 Å². The zero-order valence-corrected chi connectivity index (χ0v) is 9.71. The van der Waals surface area contributed by atoms with Gasteiger partial charge in [-0.3, -0.25) is 9.88 Å². The van der Waals surface area contributed by atoms with E-state index in [0.717, 1.165) is 0 Å². The van der Waals surface area contributed by atoms with Gasteiger partial charge in [-0.2, -0.15) is 0 Å². The summed E-state index contributed by atoms with van der Waals surface area (Å²) in [6.45, 7) is 0.972. The van der Waals surface area contributed by atoms with E-state index >= 15 is 0 Å². The van der Waals surface area contributed by atoms with Gasteiger partial charge in [-0.25, -0.2) is 0 Å². The van der Waals surface area contributed by atoms with Crippen LogP contribution in [-0.2, 0) is 0 Å². The Balaban J connectivity index is 0.000000280. The number of aromatic nitrogens is 1. The minimum Gasteiger partial charge on any atom is -0.394 e. The van der Waals surface area contributed by atoms with Crippen LogP contribution in [0, 0.1) is 0 Å². The maximum absolute atomic E-state index is 7.62. The van der Waals surface area contributed by atoms with Crippen LogP contribution in [0.3, 0.4) is 0 Å². The Kier molecular flexibility index (Phi) is 6.00. The van der Waals surface area contributed by atoms with Gasteiger partial charge in [-0.1, -0.05) is 6.07 Å². The highest BCUT2D eigenvalue weighted by Crippen LogP contribution is 2.29. The summed E-state index contributed by atoms with van der Waals surface area (Å²) in [7, 11) is 2.19. The van der Waals surface area contributed by atoms with E-state index in [2.05, 4.69) is 23.0 Å². The minimum absolute atomic E-state index is 0.125. The van der Waals surface area contributed by atoms with E-state index in [9.17, 15) is 0 Å². The van der Waals surface area contributed by atoms with Crippen molar-refractivity contribution in [3.05, 3.63) is 30.1 Å². The van der Waals surface area contributed by atoms with Crippen molar-refractivity contribution in [2.75, 3.05) is 26.8 Å². The van der Waals surface area contributed by atoms with E-state index in [-0.39, 0.29) is 13.2 Å². The van der Waals surface area contributed by atoms with Crippen molar-refractivity contribution in [3.63, 3.8) is 0 Å². The van der Waals surface area contributed by atoms with Gasteiger partial charge in [0.2, 0.25) is 0 Å². The summed E-state index contributed by atoms with van der Waals surface area (Å²) in [5, 5.41) is 15.2. The molecule has 0 amide bonds. The van der Waals surface area contributed by atoms with Gasteiger partial charge in [0.25, 0.3) is 0 Å².